The van der Waals surface area contributed by atoms with Gasteiger partial charge in [-0.15, -0.1) is 11.6 Å². The standard InChI is InChI=1S/C4H6ClNO2/c5-3(4(6)7)2-1-8-2/h2-3H,1H2,(H2,6,7). The Kier molecular flexibility index (Phi) is 1.40. The highest BCUT2D eigenvalue weighted by Gasteiger charge is 2.34. The molecule has 0 aromatic heterocycles. The summed E-state index contributed by atoms with van der Waals surface area (Å²) in [6.45, 7) is 0.567. The molecule has 0 spiro atoms. The van der Waals surface area contributed by atoms with Crippen LogP contribution in [-0.4, -0.2) is 24.0 Å². The van der Waals surface area contributed by atoms with E-state index in [1.165, 1.54) is 0 Å². The van der Waals surface area contributed by atoms with Gasteiger partial charge in [0.2, 0.25) is 5.91 Å². The quantitative estimate of drug-likeness (QED) is 0.409. The van der Waals surface area contributed by atoms with Crippen LogP contribution in [0.1, 0.15) is 0 Å². The number of ether oxygens (including phenoxy) is 1. The zero-order valence-electron chi connectivity index (χ0n) is 4.13. The normalized spacial score (nSPS) is 29.4. The lowest BCUT2D eigenvalue weighted by Gasteiger charge is -1.95. The van der Waals surface area contributed by atoms with Gasteiger partial charge in [-0.2, -0.15) is 0 Å². The third kappa shape index (κ3) is 1.11. The molecule has 2 atom stereocenters. The zero-order valence-corrected chi connectivity index (χ0v) is 4.89. The average molecular weight is 136 g/mol. The van der Waals surface area contributed by atoms with Crippen LogP contribution in [0.4, 0.5) is 0 Å². The lowest BCUT2D eigenvalue weighted by Crippen LogP contribution is -2.27. The second-order valence-corrected chi connectivity index (χ2v) is 2.15. The SMILES string of the molecule is NC(=O)C(Cl)C1CO1. The molecule has 8 heavy (non-hydrogen) atoms. The Morgan fingerprint density at radius 2 is 2.50 bits per heavy atom. The number of carbonyl (C=O) groups is 1. The second kappa shape index (κ2) is 1.91. The molecule has 0 aromatic carbocycles. The minimum Gasteiger partial charge on any atom is -0.371 e. The number of rotatable bonds is 2. The Balaban J connectivity index is 2.32. The Morgan fingerprint density at radius 1 is 2.00 bits per heavy atom. The van der Waals surface area contributed by atoms with Crippen molar-refractivity contribution in [2.24, 2.45) is 5.73 Å². The van der Waals surface area contributed by atoms with Crippen LogP contribution >= 0.6 is 11.6 Å². The van der Waals surface area contributed by atoms with Gasteiger partial charge in [-0.25, -0.2) is 0 Å². The van der Waals surface area contributed by atoms with Gasteiger partial charge in [0.05, 0.1) is 6.61 Å². The first-order valence-corrected chi connectivity index (χ1v) is 2.70. The number of hydrogen-bond donors (Lipinski definition) is 1. The Hall–Kier alpha value is -0.280. The number of nitrogens with two attached hydrogens (primary N) is 1. The van der Waals surface area contributed by atoms with Gasteiger partial charge < -0.3 is 10.5 Å². The maximum absolute atomic E-state index is 10.2. The molecule has 0 aromatic rings. The fourth-order valence-electron chi connectivity index (χ4n) is 0.408. The number of alkyl halides is 1. The molecule has 1 fully saturated rings. The van der Waals surface area contributed by atoms with E-state index in [0.29, 0.717) is 6.61 Å². The summed E-state index contributed by atoms with van der Waals surface area (Å²) < 4.78 is 4.70. The number of halogens is 1. The van der Waals surface area contributed by atoms with Gasteiger partial charge in [0.1, 0.15) is 11.5 Å². The maximum atomic E-state index is 10.2. The molecule has 0 aliphatic carbocycles. The van der Waals surface area contributed by atoms with E-state index in [4.69, 9.17) is 22.1 Å². The minimum atomic E-state index is -0.630. The molecule has 1 saturated heterocycles. The predicted molar refractivity (Wildman–Crippen MR) is 28.6 cm³/mol. The van der Waals surface area contributed by atoms with Crippen LogP contribution < -0.4 is 5.73 Å². The first kappa shape index (κ1) is 5.85. The van der Waals surface area contributed by atoms with E-state index in [1.807, 2.05) is 0 Å². The molecule has 1 rings (SSSR count). The molecular weight excluding hydrogens is 130 g/mol. The largest absolute Gasteiger partial charge is 0.371 e. The van der Waals surface area contributed by atoms with E-state index in [1.54, 1.807) is 0 Å². The highest BCUT2D eigenvalue weighted by molar-refractivity contribution is 6.31. The lowest BCUT2D eigenvalue weighted by molar-refractivity contribution is -0.117. The van der Waals surface area contributed by atoms with Crippen LogP contribution in [0, 0.1) is 0 Å². The van der Waals surface area contributed by atoms with Crippen molar-refractivity contribution in [2.45, 2.75) is 11.5 Å². The Labute approximate surface area is 51.7 Å². The predicted octanol–water partition coefficient (Wildman–Crippen LogP) is -0.522. The first-order valence-electron chi connectivity index (χ1n) is 2.27. The van der Waals surface area contributed by atoms with Gasteiger partial charge in [0.15, 0.2) is 0 Å². The molecular formula is C4H6ClNO2. The van der Waals surface area contributed by atoms with E-state index in [0.717, 1.165) is 0 Å². The first-order chi connectivity index (χ1) is 3.72. The molecule has 2 N–H and O–H groups in total. The van der Waals surface area contributed by atoms with Crippen molar-refractivity contribution < 1.29 is 9.53 Å². The van der Waals surface area contributed by atoms with Crippen LogP contribution in [0.2, 0.25) is 0 Å². The summed E-state index contributed by atoms with van der Waals surface area (Å²) in [4.78, 5) is 10.2. The molecule has 1 aliphatic rings. The van der Waals surface area contributed by atoms with Crippen molar-refractivity contribution in [3.8, 4) is 0 Å². The van der Waals surface area contributed by atoms with E-state index >= 15 is 0 Å². The Bertz CT molecular complexity index is 113. The average Bonchev–Trinajstić information content (AvgIpc) is 2.43. The van der Waals surface area contributed by atoms with Gasteiger partial charge in [0.25, 0.3) is 0 Å². The zero-order chi connectivity index (χ0) is 6.15. The summed E-state index contributed by atoms with van der Waals surface area (Å²) in [7, 11) is 0. The van der Waals surface area contributed by atoms with Crippen molar-refractivity contribution in [1.29, 1.82) is 0 Å². The van der Waals surface area contributed by atoms with Gasteiger partial charge in [0, 0.05) is 0 Å². The lowest BCUT2D eigenvalue weighted by atomic mass is 10.3. The van der Waals surface area contributed by atoms with Gasteiger partial charge in [-0.05, 0) is 0 Å². The van der Waals surface area contributed by atoms with Gasteiger partial charge in [-0.1, -0.05) is 0 Å². The second-order valence-electron chi connectivity index (χ2n) is 1.68. The number of carbonyl (C=O) groups excluding carboxylic acids is 1. The number of amides is 1. The van der Waals surface area contributed by atoms with Crippen molar-refractivity contribution in [1.82, 2.24) is 0 Å². The summed E-state index contributed by atoms with van der Waals surface area (Å²) >= 11 is 5.41. The van der Waals surface area contributed by atoms with E-state index in [-0.39, 0.29) is 6.10 Å². The molecule has 4 heteroatoms. The third-order valence-corrected chi connectivity index (χ3v) is 1.45. The summed E-state index contributed by atoms with van der Waals surface area (Å²) in [6, 6.07) is 0. The van der Waals surface area contributed by atoms with E-state index in [2.05, 4.69) is 0 Å². The molecule has 1 heterocycles. The number of epoxide rings is 1. The molecule has 46 valence electrons. The maximum Gasteiger partial charge on any atom is 0.238 e. The third-order valence-electron chi connectivity index (χ3n) is 0.957. The highest BCUT2D eigenvalue weighted by atomic mass is 35.5. The van der Waals surface area contributed by atoms with E-state index < -0.39 is 11.3 Å². The van der Waals surface area contributed by atoms with Crippen molar-refractivity contribution in [2.75, 3.05) is 6.61 Å². The Morgan fingerprint density at radius 3 is 2.62 bits per heavy atom. The fraction of sp³-hybridized carbons (Fsp3) is 0.750. The summed E-state index contributed by atoms with van der Waals surface area (Å²) in [5, 5.41) is -0.630. The number of primary amides is 1. The van der Waals surface area contributed by atoms with Crippen molar-refractivity contribution in [3.05, 3.63) is 0 Å². The smallest absolute Gasteiger partial charge is 0.238 e. The molecule has 1 amide bonds. The molecule has 0 saturated carbocycles. The molecule has 1 aliphatic heterocycles. The van der Waals surface area contributed by atoms with Gasteiger partial charge >= 0.3 is 0 Å². The fourth-order valence-corrected chi connectivity index (χ4v) is 0.553. The number of hydrogen-bond acceptors (Lipinski definition) is 2. The summed E-state index contributed by atoms with van der Waals surface area (Å²) in [6.07, 6.45) is -0.117. The minimum absolute atomic E-state index is 0.117. The molecule has 2 unspecified atom stereocenters. The summed E-state index contributed by atoms with van der Waals surface area (Å²) in [5.41, 5.74) is 4.83. The van der Waals surface area contributed by atoms with Gasteiger partial charge in [-0.3, -0.25) is 4.79 Å². The van der Waals surface area contributed by atoms with Crippen LogP contribution in [0.5, 0.6) is 0 Å². The van der Waals surface area contributed by atoms with Crippen LogP contribution in [0.25, 0.3) is 0 Å². The summed E-state index contributed by atoms with van der Waals surface area (Å²) in [5.74, 6) is -0.505. The topological polar surface area (TPSA) is 55.6 Å². The highest BCUT2D eigenvalue weighted by Crippen LogP contribution is 2.17. The molecule has 0 radical (unpaired) electrons. The molecule has 3 nitrogen and oxygen atoms in total. The monoisotopic (exact) mass is 135 g/mol. The molecule has 0 bridgehead atoms. The van der Waals surface area contributed by atoms with Crippen LogP contribution in [0.15, 0.2) is 0 Å². The van der Waals surface area contributed by atoms with Crippen LogP contribution in [-0.2, 0) is 9.53 Å². The van der Waals surface area contributed by atoms with Crippen molar-refractivity contribution in [3.63, 3.8) is 0 Å². The van der Waals surface area contributed by atoms with Crippen LogP contribution in [0.3, 0.4) is 0 Å². The van der Waals surface area contributed by atoms with E-state index in [9.17, 15) is 4.79 Å². The van der Waals surface area contributed by atoms with Crippen molar-refractivity contribution >= 4 is 17.5 Å².